The normalized spacial score (nSPS) is 12.3. The number of nitrogens with zero attached hydrogens (tertiary/aromatic N) is 1. The maximum atomic E-state index is 12.2. The number of aryl methyl sites for hydroxylation is 2. The molecule has 1 heterocycles. The van der Waals surface area contributed by atoms with Crippen molar-refractivity contribution in [3.05, 3.63) is 71.9 Å². The van der Waals surface area contributed by atoms with Crippen LogP contribution in [0.1, 0.15) is 30.5 Å². The number of rotatable bonds is 5. The average molecular weight is 306 g/mol. The van der Waals surface area contributed by atoms with Gasteiger partial charge in [-0.3, -0.25) is 4.79 Å². The molecule has 3 aromatic rings. The Labute approximate surface area is 136 Å². The Morgan fingerprint density at radius 2 is 1.78 bits per heavy atom. The Morgan fingerprint density at radius 3 is 2.57 bits per heavy atom. The molecule has 0 radical (unpaired) electrons. The number of benzene rings is 2. The van der Waals surface area contributed by atoms with E-state index in [1.54, 1.807) is 0 Å². The van der Waals surface area contributed by atoms with Gasteiger partial charge in [-0.05, 0) is 30.5 Å². The lowest BCUT2D eigenvalue weighted by atomic mass is 10.1. The van der Waals surface area contributed by atoms with Crippen LogP contribution in [0.4, 0.5) is 0 Å². The van der Waals surface area contributed by atoms with Crippen LogP contribution in [-0.4, -0.2) is 10.5 Å². The highest BCUT2D eigenvalue weighted by Gasteiger charge is 2.11. The van der Waals surface area contributed by atoms with E-state index in [1.807, 2.05) is 56.4 Å². The second-order valence-electron chi connectivity index (χ2n) is 5.98. The Hall–Kier alpha value is -2.55. The zero-order valence-corrected chi connectivity index (χ0v) is 13.6. The Balaban J connectivity index is 1.62. The number of carbonyl (C=O) groups excluding carboxylic acids is 1. The van der Waals surface area contributed by atoms with Crippen LogP contribution in [-0.2, 0) is 18.3 Å². The van der Waals surface area contributed by atoms with Crippen molar-refractivity contribution >= 4 is 16.8 Å². The zero-order chi connectivity index (χ0) is 16.2. The molecule has 23 heavy (non-hydrogen) atoms. The van der Waals surface area contributed by atoms with Crippen molar-refractivity contribution in [2.75, 3.05) is 0 Å². The quantitative estimate of drug-likeness (QED) is 0.760. The number of carbonyl (C=O) groups is 1. The summed E-state index contributed by atoms with van der Waals surface area (Å²) in [5, 5.41) is 4.31. The molecule has 3 heteroatoms. The number of amides is 1. The van der Waals surface area contributed by atoms with E-state index in [2.05, 4.69) is 28.2 Å². The third kappa shape index (κ3) is 3.45. The molecule has 118 valence electrons. The number of aromatic nitrogens is 1. The third-order valence-corrected chi connectivity index (χ3v) is 4.28. The van der Waals surface area contributed by atoms with Crippen LogP contribution < -0.4 is 5.32 Å². The Morgan fingerprint density at radius 1 is 1.09 bits per heavy atom. The van der Waals surface area contributed by atoms with E-state index in [9.17, 15) is 4.79 Å². The first-order valence-corrected chi connectivity index (χ1v) is 8.02. The van der Waals surface area contributed by atoms with Gasteiger partial charge in [-0.2, -0.15) is 0 Å². The van der Waals surface area contributed by atoms with Gasteiger partial charge in [-0.25, -0.2) is 0 Å². The van der Waals surface area contributed by atoms with Gasteiger partial charge >= 0.3 is 0 Å². The van der Waals surface area contributed by atoms with Gasteiger partial charge in [0.15, 0.2) is 0 Å². The van der Waals surface area contributed by atoms with E-state index in [4.69, 9.17) is 0 Å². The van der Waals surface area contributed by atoms with E-state index < -0.39 is 0 Å². The number of hydrogen-bond donors (Lipinski definition) is 1. The van der Waals surface area contributed by atoms with E-state index >= 15 is 0 Å². The fraction of sp³-hybridized carbons (Fsp3) is 0.250. The second kappa shape index (κ2) is 6.69. The summed E-state index contributed by atoms with van der Waals surface area (Å²) in [6, 6.07) is 18.4. The summed E-state index contributed by atoms with van der Waals surface area (Å²) < 4.78 is 2.12. The fourth-order valence-electron chi connectivity index (χ4n) is 3.01. The largest absolute Gasteiger partial charge is 0.350 e. The van der Waals surface area contributed by atoms with Gasteiger partial charge in [0.2, 0.25) is 5.91 Å². The molecule has 0 spiro atoms. The highest BCUT2D eigenvalue weighted by atomic mass is 16.1. The zero-order valence-electron chi connectivity index (χ0n) is 13.6. The van der Waals surface area contributed by atoms with Crippen LogP contribution in [0.2, 0.25) is 0 Å². The highest BCUT2D eigenvalue weighted by Crippen LogP contribution is 2.21. The van der Waals surface area contributed by atoms with Crippen molar-refractivity contribution < 1.29 is 4.79 Å². The van der Waals surface area contributed by atoms with Gasteiger partial charge in [0.1, 0.15) is 0 Å². The molecule has 0 aliphatic rings. The van der Waals surface area contributed by atoms with Crippen molar-refractivity contribution in [3.63, 3.8) is 0 Å². The van der Waals surface area contributed by atoms with Crippen LogP contribution in [0.5, 0.6) is 0 Å². The van der Waals surface area contributed by atoms with Crippen molar-refractivity contribution in [1.82, 2.24) is 9.88 Å². The SMILES string of the molecule is C[C@@H](NC(=O)CCc1cn(C)c2ccccc12)c1ccccc1. The molecule has 0 unspecified atom stereocenters. The lowest BCUT2D eigenvalue weighted by Crippen LogP contribution is -2.26. The molecular weight excluding hydrogens is 284 g/mol. The summed E-state index contributed by atoms with van der Waals surface area (Å²) in [5.74, 6) is 0.0919. The van der Waals surface area contributed by atoms with E-state index in [1.165, 1.54) is 16.5 Å². The van der Waals surface area contributed by atoms with Gasteiger partial charge in [-0.1, -0.05) is 48.5 Å². The van der Waals surface area contributed by atoms with E-state index in [-0.39, 0.29) is 11.9 Å². The molecule has 1 N–H and O–H groups in total. The summed E-state index contributed by atoms with van der Waals surface area (Å²) in [5.41, 5.74) is 3.57. The fourth-order valence-corrected chi connectivity index (χ4v) is 3.01. The molecule has 3 rings (SSSR count). The lowest BCUT2D eigenvalue weighted by Gasteiger charge is -2.14. The van der Waals surface area contributed by atoms with Crippen molar-refractivity contribution in [1.29, 1.82) is 0 Å². The van der Waals surface area contributed by atoms with Gasteiger partial charge in [-0.15, -0.1) is 0 Å². The summed E-state index contributed by atoms with van der Waals surface area (Å²) in [4.78, 5) is 12.2. The Kier molecular flexibility index (Phi) is 4.47. The molecule has 0 fully saturated rings. The maximum Gasteiger partial charge on any atom is 0.220 e. The lowest BCUT2D eigenvalue weighted by molar-refractivity contribution is -0.121. The molecule has 1 amide bonds. The van der Waals surface area contributed by atoms with Crippen LogP contribution >= 0.6 is 0 Å². The van der Waals surface area contributed by atoms with Crippen molar-refractivity contribution in [2.45, 2.75) is 25.8 Å². The topological polar surface area (TPSA) is 34.0 Å². The van der Waals surface area contributed by atoms with Crippen LogP contribution in [0.15, 0.2) is 60.8 Å². The highest BCUT2D eigenvalue weighted by molar-refractivity contribution is 5.85. The second-order valence-corrected chi connectivity index (χ2v) is 5.98. The van der Waals surface area contributed by atoms with Crippen LogP contribution in [0.3, 0.4) is 0 Å². The van der Waals surface area contributed by atoms with Gasteiger partial charge in [0, 0.05) is 30.6 Å². The molecular formula is C20H22N2O. The third-order valence-electron chi connectivity index (χ3n) is 4.28. The molecule has 0 aliphatic carbocycles. The van der Waals surface area contributed by atoms with Crippen molar-refractivity contribution in [2.24, 2.45) is 7.05 Å². The minimum absolute atomic E-state index is 0.0382. The molecule has 0 saturated heterocycles. The molecule has 2 aromatic carbocycles. The first-order chi connectivity index (χ1) is 11.1. The molecule has 0 aliphatic heterocycles. The molecule has 1 atom stereocenters. The first kappa shape index (κ1) is 15.3. The number of para-hydroxylation sites is 1. The summed E-state index contributed by atoms with van der Waals surface area (Å²) in [6.07, 6.45) is 3.39. The molecule has 0 bridgehead atoms. The molecule has 1 aromatic heterocycles. The summed E-state index contributed by atoms with van der Waals surface area (Å²) in [6.45, 7) is 2.02. The molecule has 3 nitrogen and oxygen atoms in total. The Bertz CT molecular complexity index is 805. The monoisotopic (exact) mass is 306 g/mol. The van der Waals surface area contributed by atoms with Crippen LogP contribution in [0.25, 0.3) is 10.9 Å². The van der Waals surface area contributed by atoms with Gasteiger partial charge in [0.05, 0.1) is 6.04 Å². The van der Waals surface area contributed by atoms with E-state index in [0.717, 1.165) is 12.0 Å². The van der Waals surface area contributed by atoms with Crippen molar-refractivity contribution in [3.8, 4) is 0 Å². The standard InChI is InChI=1S/C20H22N2O/c1-15(16-8-4-3-5-9-16)21-20(23)13-12-17-14-22(2)19-11-7-6-10-18(17)19/h3-11,14-15H,12-13H2,1-2H3,(H,21,23)/t15-/m1/s1. The minimum Gasteiger partial charge on any atom is -0.350 e. The maximum absolute atomic E-state index is 12.2. The van der Waals surface area contributed by atoms with Gasteiger partial charge < -0.3 is 9.88 Å². The van der Waals surface area contributed by atoms with Gasteiger partial charge in [0.25, 0.3) is 0 Å². The predicted molar refractivity (Wildman–Crippen MR) is 94.2 cm³/mol. The first-order valence-electron chi connectivity index (χ1n) is 8.02. The number of fused-ring (bicyclic) bond motifs is 1. The number of hydrogen-bond acceptors (Lipinski definition) is 1. The molecule has 0 saturated carbocycles. The summed E-state index contributed by atoms with van der Waals surface area (Å²) >= 11 is 0. The van der Waals surface area contributed by atoms with Crippen LogP contribution in [0, 0.1) is 0 Å². The van der Waals surface area contributed by atoms with E-state index in [0.29, 0.717) is 6.42 Å². The minimum atomic E-state index is 0.0382. The summed E-state index contributed by atoms with van der Waals surface area (Å²) in [7, 11) is 2.05. The smallest absolute Gasteiger partial charge is 0.220 e. The predicted octanol–water partition coefficient (Wildman–Crippen LogP) is 3.99. The average Bonchev–Trinajstić information content (AvgIpc) is 2.90. The number of nitrogens with one attached hydrogen (secondary N) is 1.